The van der Waals surface area contributed by atoms with Crippen LogP contribution in [0.5, 0.6) is 5.75 Å². The lowest BCUT2D eigenvalue weighted by atomic mass is 9.96. The summed E-state index contributed by atoms with van der Waals surface area (Å²) in [7, 11) is 1.59. The molecule has 0 aliphatic carbocycles. The molecule has 0 bridgehead atoms. The summed E-state index contributed by atoms with van der Waals surface area (Å²) in [4.78, 5) is 24.0. The van der Waals surface area contributed by atoms with E-state index in [1.54, 1.807) is 37.4 Å². The first-order chi connectivity index (χ1) is 12.2. The Morgan fingerprint density at radius 2 is 1.81 bits per heavy atom. The largest absolute Gasteiger partial charge is 0.506 e. The molecule has 0 saturated carbocycles. The van der Waals surface area contributed by atoms with E-state index < -0.39 is 5.54 Å². The summed E-state index contributed by atoms with van der Waals surface area (Å²) >= 11 is 5.96. The van der Waals surface area contributed by atoms with Gasteiger partial charge < -0.3 is 15.7 Å². The van der Waals surface area contributed by atoms with E-state index in [0.29, 0.717) is 18.4 Å². The Balaban J connectivity index is 2.14. The van der Waals surface area contributed by atoms with Gasteiger partial charge in [0, 0.05) is 24.6 Å². The van der Waals surface area contributed by atoms with Crippen LogP contribution in [0.25, 0.3) is 11.1 Å². The van der Waals surface area contributed by atoms with Crippen LogP contribution in [0, 0.1) is 0 Å². The van der Waals surface area contributed by atoms with E-state index in [0.717, 1.165) is 11.1 Å². The summed E-state index contributed by atoms with van der Waals surface area (Å²) in [6.07, 6.45) is 0.876. The van der Waals surface area contributed by atoms with Gasteiger partial charge in [-0.2, -0.15) is 0 Å². The summed E-state index contributed by atoms with van der Waals surface area (Å²) in [5, 5.41) is 15.3. The number of carbonyl (C=O) groups is 2. The highest BCUT2D eigenvalue weighted by Crippen LogP contribution is 2.29. The summed E-state index contributed by atoms with van der Waals surface area (Å²) in [5.74, 6) is -0.251. The van der Waals surface area contributed by atoms with E-state index in [-0.39, 0.29) is 22.6 Å². The maximum Gasteiger partial charge on any atom is 0.251 e. The summed E-state index contributed by atoms with van der Waals surface area (Å²) < 4.78 is 0. The highest BCUT2D eigenvalue weighted by atomic mass is 35.5. The Morgan fingerprint density at radius 1 is 1.12 bits per heavy atom. The number of hydrogen-bond donors (Lipinski definition) is 3. The Kier molecular flexibility index (Phi) is 6.27. The number of rotatable bonds is 6. The molecule has 0 unspecified atom stereocenters. The molecule has 0 spiro atoms. The van der Waals surface area contributed by atoms with Crippen molar-refractivity contribution in [2.75, 3.05) is 7.05 Å². The van der Waals surface area contributed by atoms with Gasteiger partial charge in [-0.05, 0) is 55.7 Å². The van der Waals surface area contributed by atoms with E-state index in [4.69, 9.17) is 11.6 Å². The van der Waals surface area contributed by atoms with Gasteiger partial charge in [0.15, 0.2) is 0 Å². The zero-order chi connectivity index (χ0) is 19.3. The molecular weight excluding hydrogens is 352 g/mol. The predicted octanol–water partition coefficient (Wildman–Crippen LogP) is 3.75. The van der Waals surface area contributed by atoms with Crippen molar-refractivity contribution in [1.29, 1.82) is 0 Å². The quantitative estimate of drug-likeness (QED) is 0.720. The van der Waals surface area contributed by atoms with Crippen molar-refractivity contribution in [2.24, 2.45) is 0 Å². The fourth-order valence-electron chi connectivity index (χ4n) is 2.52. The molecule has 138 valence electrons. The number of hydrogen-bond acceptors (Lipinski definition) is 3. The minimum atomic E-state index is -0.512. The minimum Gasteiger partial charge on any atom is -0.506 e. The maximum atomic E-state index is 12.6. The number of phenolic OH excluding ortho intramolecular Hbond substituents is 1. The maximum absolute atomic E-state index is 12.6. The zero-order valence-corrected chi connectivity index (χ0v) is 15.9. The molecule has 6 heteroatoms. The van der Waals surface area contributed by atoms with Crippen LogP contribution in [0.1, 0.15) is 37.0 Å². The van der Waals surface area contributed by atoms with E-state index in [1.807, 2.05) is 19.9 Å². The van der Waals surface area contributed by atoms with Gasteiger partial charge in [0.25, 0.3) is 5.91 Å². The van der Waals surface area contributed by atoms with E-state index >= 15 is 0 Å². The van der Waals surface area contributed by atoms with Crippen molar-refractivity contribution >= 4 is 23.4 Å². The van der Waals surface area contributed by atoms with E-state index in [9.17, 15) is 14.7 Å². The molecule has 0 aliphatic heterocycles. The zero-order valence-electron chi connectivity index (χ0n) is 15.1. The fraction of sp³-hybridized carbons (Fsp3) is 0.300. The van der Waals surface area contributed by atoms with Crippen LogP contribution in [0.4, 0.5) is 0 Å². The van der Waals surface area contributed by atoms with Gasteiger partial charge in [0.2, 0.25) is 5.91 Å². The molecule has 0 saturated heterocycles. The second-order valence-electron chi connectivity index (χ2n) is 6.76. The highest BCUT2D eigenvalue weighted by Gasteiger charge is 2.22. The average Bonchev–Trinajstić information content (AvgIpc) is 2.61. The van der Waals surface area contributed by atoms with Crippen LogP contribution in [0.3, 0.4) is 0 Å². The normalized spacial score (nSPS) is 11.1. The second-order valence-corrected chi connectivity index (χ2v) is 7.17. The smallest absolute Gasteiger partial charge is 0.251 e. The predicted molar refractivity (Wildman–Crippen MR) is 103 cm³/mol. The van der Waals surface area contributed by atoms with Gasteiger partial charge in [-0.15, -0.1) is 0 Å². The summed E-state index contributed by atoms with van der Waals surface area (Å²) in [5.41, 5.74) is 1.63. The molecule has 0 atom stereocenters. The lowest BCUT2D eigenvalue weighted by molar-refractivity contribution is -0.121. The SMILES string of the molecule is CNC(=O)CCC(C)(C)NC(=O)c1cccc(-c2ccc(O)c(Cl)c2)c1. The number of nitrogens with one attached hydrogen (secondary N) is 2. The molecule has 0 heterocycles. The van der Waals surface area contributed by atoms with Crippen LogP contribution in [0.2, 0.25) is 5.02 Å². The Hall–Kier alpha value is -2.53. The van der Waals surface area contributed by atoms with Crippen LogP contribution in [-0.2, 0) is 4.79 Å². The number of phenols is 1. The van der Waals surface area contributed by atoms with E-state index in [2.05, 4.69) is 10.6 Å². The third-order valence-corrected chi connectivity index (χ3v) is 4.42. The first kappa shape index (κ1) is 19.8. The lowest BCUT2D eigenvalue weighted by Crippen LogP contribution is -2.44. The molecule has 0 aliphatic rings. The molecule has 0 fully saturated rings. The Morgan fingerprint density at radius 3 is 2.46 bits per heavy atom. The third-order valence-electron chi connectivity index (χ3n) is 4.11. The van der Waals surface area contributed by atoms with Gasteiger partial charge in [0.1, 0.15) is 5.75 Å². The first-order valence-electron chi connectivity index (χ1n) is 8.34. The molecule has 2 rings (SSSR count). The standard InChI is InChI=1S/C20H23ClN2O3/c1-20(2,10-9-18(25)22-3)23-19(26)15-6-4-5-13(11-15)14-7-8-17(24)16(21)12-14/h4-8,11-12,24H,9-10H2,1-3H3,(H,22,25)(H,23,26). The molecule has 26 heavy (non-hydrogen) atoms. The number of benzene rings is 2. The van der Waals surface area contributed by atoms with Crippen molar-refractivity contribution in [3.63, 3.8) is 0 Å². The second kappa shape index (κ2) is 8.23. The molecule has 2 amide bonds. The highest BCUT2D eigenvalue weighted by molar-refractivity contribution is 6.32. The van der Waals surface area contributed by atoms with Crippen LogP contribution < -0.4 is 10.6 Å². The summed E-state index contributed by atoms with van der Waals surface area (Å²) in [6.45, 7) is 3.77. The molecule has 3 N–H and O–H groups in total. The number of halogens is 1. The van der Waals surface area contributed by atoms with Crippen molar-refractivity contribution in [2.45, 2.75) is 32.2 Å². The van der Waals surface area contributed by atoms with Crippen molar-refractivity contribution in [1.82, 2.24) is 10.6 Å². The monoisotopic (exact) mass is 374 g/mol. The van der Waals surface area contributed by atoms with Crippen LogP contribution >= 0.6 is 11.6 Å². The molecule has 0 aromatic heterocycles. The minimum absolute atomic E-state index is 0.0159. The molecule has 2 aromatic carbocycles. The molecule has 0 radical (unpaired) electrons. The number of aromatic hydroxyl groups is 1. The van der Waals surface area contributed by atoms with Crippen molar-refractivity contribution in [3.05, 3.63) is 53.1 Å². The topological polar surface area (TPSA) is 78.4 Å². The van der Waals surface area contributed by atoms with Gasteiger partial charge >= 0.3 is 0 Å². The van der Waals surface area contributed by atoms with Gasteiger partial charge in [-0.1, -0.05) is 29.8 Å². The van der Waals surface area contributed by atoms with Crippen LogP contribution in [-0.4, -0.2) is 29.5 Å². The van der Waals surface area contributed by atoms with Gasteiger partial charge in [-0.3, -0.25) is 9.59 Å². The Labute approximate surface area is 158 Å². The first-order valence-corrected chi connectivity index (χ1v) is 8.72. The average molecular weight is 375 g/mol. The fourth-order valence-corrected chi connectivity index (χ4v) is 2.70. The molecular formula is C20H23ClN2O3. The van der Waals surface area contributed by atoms with Gasteiger partial charge in [-0.25, -0.2) is 0 Å². The summed E-state index contributed by atoms with van der Waals surface area (Å²) in [6, 6.07) is 12.1. The third kappa shape index (κ3) is 5.23. The van der Waals surface area contributed by atoms with Crippen molar-refractivity contribution in [3.8, 4) is 16.9 Å². The molecule has 2 aromatic rings. The Bertz CT molecular complexity index is 818. The van der Waals surface area contributed by atoms with Crippen LogP contribution in [0.15, 0.2) is 42.5 Å². The molecule has 5 nitrogen and oxygen atoms in total. The lowest BCUT2D eigenvalue weighted by Gasteiger charge is -2.26. The van der Waals surface area contributed by atoms with E-state index in [1.165, 1.54) is 6.07 Å². The number of carbonyl (C=O) groups excluding carboxylic acids is 2. The van der Waals surface area contributed by atoms with Gasteiger partial charge in [0.05, 0.1) is 5.02 Å². The van der Waals surface area contributed by atoms with Crippen molar-refractivity contribution < 1.29 is 14.7 Å². The number of amides is 2.